The molecule has 4 nitrogen and oxygen atoms in total. The van der Waals surface area contributed by atoms with Crippen molar-refractivity contribution >= 4 is 11.8 Å². The van der Waals surface area contributed by atoms with Crippen molar-refractivity contribution in [2.45, 2.75) is 13.3 Å². The molecule has 2 amide bonds. The second-order valence-corrected chi connectivity index (χ2v) is 2.31. The third-order valence-corrected chi connectivity index (χ3v) is 1.30. The smallest absolute Gasteiger partial charge is 0.246 e. The van der Waals surface area contributed by atoms with Gasteiger partial charge in [-0.25, -0.2) is 0 Å². The van der Waals surface area contributed by atoms with E-state index in [-0.39, 0.29) is 23.8 Å². The molecule has 0 aromatic heterocycles. The van der Waals surface area contributed by atoms with Gasteiger partial charge in [0, 0.05) is 19.2 Å². The fourth-order valence-electron chi connectivity index (χ4n) is 0.711. The SMILES string of the molecule is C=C(CC(=O)NCC)C(=O)NC. The van der Waals surface area contributed by atoms with Crippen LogP contribution in [0.5, 0.6) is 0 Å². The molecule has 0 rings (SSSR count). The maximum absolute atomic E-state index is 10.9. The van der Waals surface area contributed by atoms with Gasteiger partial charge in [0.2, 0.25) is 11.8 Å². The van der Waals surface area contributed by atoms with Crippen molar-refractivity contribution in [1.82, 2.24) is 10.6 Å². The summed E-state index contributed by atoms with van der Waals surface area (Å²) in [5.74, 6) is -0.465. The molecule has 0 spiro atoms. The highest BCUT2D eigenvalue weighted by molar-refractivity contribution is 5.97. The van der Waals surface area contributed by atoms with Gasteiger partial charge in [-0.05, 0) is 6.92 Å². The van der Waals surface area contributed by atoms with E-state index < -0.39 is 0 Å². The van der Waals surface area contributed by atoms with Crippen LogP contribution in [0.3, 0.4) is 0 Å². The van der Waals surface area contributed by atoms with Gasteiger partial charge in [-0.2, -0.15) is 0 Å². The number of rotatable bonds is 4. The van der Waals surface area contributed by atoms with Crippen LogP contribution in [0.15, 0.2) is 12.2 Å². The van der Waals surface area contributed by atoms with Crippen LogP contribution in [0.25, 0.3) is 0 Å². The van der Waals surface area contributed by atoms with Crippen molar-refractivity contribution in [3.8, 4) is 0 Å². The van der Waals surface area contributed by atoms with E-state index in [1.54, 1.807) is 0 Å². The molecule has 0 aliphatic carbocycles. The third-order valence-electron chi connectivity index (χ3n) is 1.30. The molecule has 0 aliphatic heterocycles. The van der Waals surface area contributed by atoms with Crippen LogP contribution in [0.4, 0.5) is 0 Å². The van der Waals surface area contributed by atoms with Crippen LogP contribution < -0.4 is 10.6 Å². The fourth-order valence-corrected chi connectivity index (χ4v) is 0.711. The summed E-state index contributed by atoms with van der Waals surface area (Å²) in [6.45, 7) is 5.86. The first-order valence-corrected chi connectivity index (χ1v) is 3.78. The van der Waals surface area contributed by atoms with E-state index in [0.717, 1.165) is 0 Å². The molecular weight excluding hydrogens is 156 g/mol. The van der Waals surface area contributed by atoms with E-state index in [4.69, 9.17) is 0 Å². The van der Waals surface area contributed by atoms with Crippen molar-refractivity contribution in [3.63, 3.8) is 0 Å². The van der Waals surface area contributed by atoms with Crippen LogP contribution in [0.2, 0.25) is 0 Å². The van der Waals surface area contributed by atoms with Gasteiger partial charge in [-0.15, -0.1) is 0 Å². The minimum absolute atomic E-state index is 0.0630. The average molecular weight is 170 g/mol. The molecule has 0 saturated heterocycles. The molecule has 0 unspecified atom stereocenters. The van der Waals surface area contributed by atoms with Gasteiger partial charge in [0.15, 0.2) is 0 Å². The summed E-state index contributed by atoms with van der Waals surface area (Å²) in [5.41, 5.74) is 0.281. The summed E-state index contributed by atoms with van der Waals surface area (Å²) in [4.78, 5) is 21.8. The second-order valence-electron chi connectivity index (χ2n) is 2.31. The second kappa shape index (κ2) is 5.35. The number of nitrogens with one attached hydrogen (secondary N) is 2. The lowest BCUT2D eigenvalue weighted by Gasteiger charge is -2.03. The van der Waals surface area contributed by atoms with Crippen molar-refractivity contribution in [3.05, 3.63) is 12.2 Å². The fraction of sp³-hybridized carbons (Fsp3) is 0.500. The maximum atomic E-state index is 10.9. The zero-order valence-electron chi connectivity index (χ0n) is 7.44. The van der Waals surface area contributed by atoms with Gasteiger partial charge in [-0.3, -0.25) is 9.59 Å². The molecule has 0 bridgehead atoms. The van der Waals surface area contributed by atoms with Crippen LogP contribution >= 0.6 is 0 Å². The van der Waals surface area contributed by atoms with Crippen LogP contribution in [0, 0.1) is 0 Å². The number of carbonyl (C=O) groups excluding carboxylic acids is 2. The lowest BCUT2D eigenvalue weighted by atomic mass is 10.2. The molecule has 0 aromatic rings. The molecule has 68 valence electrons. The molecular formula is C8H14N2O2. The minimum atomic E-state index is -0.291. The van der Waals surface area contributed by atoms with Gasteiger partial charge in [0.05, 0.1) is 6.42 Å². The van der Waals surface area contributed by atoms with Crippen molar-refractivity contribution in [2.24, 2.45) is 0 Å². The van der Waals surface area contributed by atoms with E-state index in [1.807, 2.05) is 6.92 Å². The quantitative estimate of drug-likeness (QED) is 0.575. The summed E-state index contributed by atoms with van der Waals surface area (Å²) in [6.07, 6.45) is 0.0630. The number of carbonyl (C=O) groups is 2. The number of hydrogen-bond donors (Lipinski definition) is 2. The van der Waals surface area contributed by atoms with Gasteiger partial charge < -0.3 is 10.6 Å². The molecule has 0 aliphatic rings. The van der Waals surface area contributed by atoms with Gasteiger partial charge >= 0.3 is 0 Å². The Hall–Kier alpha value is -1.32. The zero-order valence-corrected chi connectivity index (χ0v) is 7.44. The lowest BCUT2D eigenvalue weighted by Crippen LogP contribution is -2.27. The summed E-state index contributed by atoms with van der Waals surface area (Å²) >= 11 is 0. The molecule has 4 heteroatoms. The summed E-state index contributed by atoms with van der Waals surface area (Å²) in [7, 11) is 1.51. The van der Waals surface area contributed by atoms with E-state index in [0.29, 0.717) is 6.54 Å². The van der Waals surface area contributed by atoms with Crippen molar-refractivity contribution < 1.29 is 9.59 Å². The molecule has 0 atom stereocenters. The highest BCUT2D eigenvalue weighted by atomic mass is 16.2. The first-order valence-electron chi connectivity index (χ1n) is 3.78. The lowest BCUT2D eigenvalue weighted by molar-refractivity contribution is -0.123. The van der Waals surface area contributed by atoms with Gasteiger partial charge in [0.25, 0.3) is 0 Å². The van der Waals surface area contributed by atoms with Crippen LogP contribution in [0.1, 0.15) is 13.3 Å². The molecule has 0 saturated carbocycles. The predicted octanol–water partition coefficient (Wildman–Crippen LogP) is -0.185. The molecule has 0 aromatic carbocycles. The molecule has 2 N–H and O–H groups in total. The monoisotopic (exact) mass is 170 g/mol. The summed E-state index contributed by atoms with van der Waals surface area (Å²) < 4.78 is 0. The Morgan fingerprint density at radius 1 is 1.42 bits per heavy atom. The molecule has 0 radical (unpaired) electrons. The van der Waals surface area contributed by atoms with Crippen LogP contribution in [-0.2, 0) is 9.59 Å². The topological polar surface area (TPSA) is 58.2 Å². The maximum Gasteiger partial charge on any atom is 0.246 e. The van der Waals surface area contributed by atoms with Crippen LogP contribution in [-0.4, -0.2) is 25.4 Å². The van der Waals surface area contributed by atoms with E-state index >= 15 is 0 Å². The Balaban J connectivity index is 3.84. The Bertz CT molecular complexity index is 199. The van der Waals surface area contributed by atoms with E-state index in [1.165, 1.54) is 7.05 Å². The standard InChI is InChI=1S/C8H14N2O2/c1-4-10-7(11)5-6(2)8(12)9-3/h2,4-5H2,1,3H3,(H,9,12)(H,10,11). The zero-order chi connectivity index (χ0) is 9.56. The minimum Gasteiger partial charge on any atom is -0.356 e. The first kappa shape index (κ1) is 10.7. The number of hydrogen-bond acceptors (Lipinski definition) is 2. The largest absolute Gasteiger partial charge is 0.356 e. The van der Waals surface area contributed by atoms with E-state index in [2.05, 4.69) is 17.2 Å². The van der Waals surface area contributed by atoms with E-state index in [9.17, 15) is 9.59 Å². The van der Waals surface area contributed by atoms with Gasteiger partial charge in [0.1, 0.15) is 0 Å². The van der Waals surface area contributed by atoms with Gasteiger partial charge in [-0.1, -0.05) is 6.58 Å². The normalized spacial score (nSPS) is 8.83. The average Bonchev–Trinajstić information content (AvgIpc) is 2.03. The highest BCUT2D eigenvalue weighted by Crippen LogP contribution is 1.96. The summed E-state index contributed by atoms with van der Waals surface area (Å²) in [5, 5.41) is 4.97. The van der Waals surface area contributed by atoms with Crippen molar-refractivity contribution in [1.29, 1.82) is 0 Å². The Morgan fingerprint density at radius 2 is 2.00 bits per heavy atom. The van der Waals surface area contributed by atoms with Crippen molar-refractivity contribution in [2.75, 3.05) is 13.6 Å². The first-order chi connectivity index (χ1) is 5.61. The molecule has 12 heavy (non-hydrogen) atoms. The Kier molecular flexibility index (Phi) is 4.76. The number of likely N-dealkylation sites (N-methyl/N-ethyl adjacent to an activating group) is 1. The number of amides is 2. The predicted molar refractivity (Wildman–Crippen MR) is 46.5 cm³/mol. The molecule has 0 fully saturated rings. The Morgan fingerprint density at radius 3 is 2.42 bits per heavy atom. The summed E-state index contributed by atoms with van der Waals surface area (Å²) in [6, 6.07) is 0. The third kappa shape index (κ3) is 3.75. The Labute approximate surface area is 72.0 Å². The molecule has 0 heterocycles. The highest BCUT2D eigenvalue weighted by Gasteiger charge is 2.08.